The normalized spacial score (nSPS) is 10.3. The zero-order valence-electron chi connectivity index (χ0n) is 9.61. The Kier molecular flexibility index (Phi) is 3.25. The smallest absolute Gasteiger partial charge is 0.0349 e. The van der Waals surface area contributed by atoms with E-state index in [2.05, 4.69) is 49.4 Å². The van der Waals surface area contributed by atoms with Crippen LogP contribution in [0.5, 0.6) is 0 Å². The minimum Gasteiger partial charge on any atom is -0.398 e. The van der Waals surface area contributed by atoms with Crippen LogP contribution in [0.4, 0.5) is 5.69 Å². The Morgan fingerprint density at radius 3 is 2.31 bits per heavy atom. The molecule has 2 N–H and O–H groups in total. The van der Waals surface area contributed by atoms with E-state index in [0.29, 0.717) is 0 Å². The van der Waals surface area contributed by atoms with Crippen LogP contribution in [0.15, 0.2) is 48.5 Å². The molecule has 0 amide bonds. The highest BCUT2D eigenvalue weighted by Gasteiger charge is 2.00. The lowest BCUT2D eigenvalue weighted by Gasteiger charge is -2.06. The van der Waals surface area contributed by atoms with E-state index in [1.165, 1.54) is 16.7 Å². The minimum atomic E-state index is 0.913. The third-order valence-electron chi connectivity index (χ3n) is 2.84. The molecule has 0 bridgehead atoms. The van der Waals surface area contributed by atoms with Gasteiger partial charge in [-0.1, -0.05) is 49.4 Å². The molecule has 0 aliphatic heterocycles. The van der Waals surface area contributed by atoms with E-state index in [0.717, 1.165) is 18.5 Å². The van der Waals surface area contributed by atoms with E-state index in [1.54, 1.807) is 0 Å². The summed E-state index contributed by atoms with van der Waals surface area (Å²) >= 11 is 0. The second-order valence-electron chi connectivity index (χ2n) is 4.05. The van der Waals surface area contributed by atoms with E-state index in [1.807, 2.05) is 6.07 Å². The summed E-state index contributed by atoms with van der Waals surface area (Å²) in [4.78, 5) is 0. The number of rotatable bonds is 3. The van der Waals surface area contributed by atoms with Crippen molar-refractivity contribution in [2.45, 2.75) is 19.8 Å². The average Bonchev–Trinajstić information content (AvgIpc) is 2.31. The summed E-state index contributed by atoms with van der Waals surface area (Å²) in [6.45, 7) is 2.13. The largest absolute Gasteiger partial charge is 0.398 e. The molecule has 2 aromatic carbocycles. The van der Waals surface area contributed by atoms with Crippen molar-refractivity contribution in [2.75, 3.05) is 5.73 Å². The minimum absolute atomic E-state index is 0.913. The van der Waals surface area contributed by atoms with E-state index in [4.69, 9.17) is 5.73 Å². The maximum Gasteiger partial charge on any atom is 0.0349 e. The molecular weight excluding hydrogens is 194 g/mol. The number of hydrogen-bond donors (Lipinski definition) is 1. The summed E-state index contributed by atoms with van der Waals surface area (Å²) in [6.07, 6.45) is 1.95. The van der Waals surface area contributed by atoms with E-state index >= 15 is 0 Å². The molecule has 0 saturated heterocycles. The Hall–Kier alpha value is -1.76. The summed E-state index contributed by atoms with van der Waals surface area (Å²) in [5.74, 6) is 0. The van der Waals surface area contributed by atoms with Crippen molar-refractivity contribution < 1.29 is 0 Å². The lowest BCUT2D eigenvalue weighted by atomic mass is 10.0. The maximum atomic E-state index is 5.99. The molecule has 0 radical (unpaired) electrons. The van der Waals surface area contributed by atoms with E-state index < -0.39 is 0 Å². The molecule has 2 aromatic rings. The van der Waals surface area contributed by atoms with E-state index in [-0.39, 0.29) is 0 Å². The van der Waals surface area contributed by atoms with Crippen LogP contribution in [0.25, 0.3) is 0 Å². The van der Waals surface area contributed by atoms with Gasteiger partial charge in [0.25, 0.3) is 0 Å². The SMILES string of the molecule is CCc1ccc(Cc2ccccc2)cc1N. The molecule has 0 saturated carbocycles. The fourth-order valence-electron chi connectivity index (χ4n) is 1.91. The Labute approximate surface area is 96.9 Å². The zero-order valence-corrected chi connectivity index (χ0v) is 9.61. The summed E-state index contributed by atoms with van der Waals surface area (Å²) in [6, 6.07) is 16.9. The first kappa shape index (κ1) is 10.7. The summed E-state index contributed by atoms with van der Waals surface area (Å²) in [5.41, 5.74) is 10.7. The summed E-state index contributed by atoms with van der Waals surface area (Å²) in [7, 11) is 0. The maximum absolute atomic E-state index is 5.99. The second-order valence-corrected chi connectivity index (χ2v) is 4.05. The van der Waals surface area contributed by atoms with Crippen molar-refractivity contribution in [3.8, 4) is 0 Å². The molecule has 1 nitrogen and oxygen atoms in total. The number of aryl methyl sites for hydroxylation is 1. The van der Waals surface area contributed by atoms with Crippen LogP contribution in [0.3, 0.4) is 0 Å². The summed E-state index contributed by atoms with van der Waals surface area (Å²) < 4.78 is 0. The first-order valence-electron chi connectivity index (χ1n) is 5.71. The van der Waals surface area contributed by atoms with Crippen LogP contribution in [0.1, 0.15) is 23.6 Å². The van der Waals surface area contributed by atoms with Crippen molar-refractivity contribution in [3.05, 3.63) is 65.2 Å². The fourth-order valence-corrected chi connectivity index (χ4v) is 1.91. The van der Waals surface area contributed by atoms with Crippen molar-refractivity contribution in [1.82, 2.24) is 0 Å². The Morgan fingerprint density at radius 2 is 1.69 bits per heavy atom. The number of hydrogen-bond acceptors (Lipinski definition) is 1. The highest BCUT2D eigenvalue weighted by Crippen LogP contribution is 2.17. The predicted molar refractivity (Wildman–Crippen MR) is 69.5 cm³/mol. The fraction of sp³-hybridized carbons (Fsp3) is 0.200. The third kappa shape index (κ3) is 2.43. The van der Waals surface area contributed by atoms with Gasteiger partial charge in [0.15, 0.2) is 0 Å². The number of nitrogen functional groups attached to an aromatic ring is 1. The topological polar surface area (TPSA) is 26.0 Å². The van der Waals surface area contributed by atoms with Gasteiger partial charge < -0.3 is 5.73 Å². The molecule has 0 aliphatic rings. The predicted octanol–water partition coefficient (Wildman–Crippen LogP) is 3.42. The molecule has 16 heavy (non-hydrogen) atoms. The first-order chi connectivity index (χ1) is 7.79. The standard InChI is InChI=1S/C15H17N/c1-2-14-9-8-13(11-15(14)16)10-12-6-4-3-5-7-12/h3-9,11H,2,10,16H2,1H3. The second kappa shape index (κ2) is 4.84. The van der Waals surface area contributed by atoms with Crippen molar-refractivity contribution in [2.24, 2.45) is 0 Å². The van der Waals surface area contributed by atoms with Crippen LogP contribution in [-0.4, -0.2) is 0 Å². The molecule has 0 unspecified atom stereocenters. The van der Waals surface area contributed by atoms with Crippen LogP contribution in [0, 0.1) is 0 Å². The average molecular weight is 211 g/mol. The molecule has 1 heteroatoms. The number of anilines is 1. The molecule has 0 aliphatic carbocycles. The van der Waals surface area contributed by atoms with Gasteiger partial charge in [-0.25, -0.2) is 0 Å². The molecule has 0 spiro atoms. The van der Waals surface area contributed by atoms with Gasteiger partial charge in [-0.15, -0.1) is 0 Å². The monoisotopic (exact) mass is 211 g/mol. The van der Waals surface area contributed by atoms with Gasteiger partial charge in [-0.2, -0.15) is 0 Å². The van der Waals surface area contributed by atoms with Gasteiger partial charge in [0, 0.05) is 5.69 Å². The summed E-state index contributed by atoms with van der Waals surface area (Å²) in [5, 5.41) is 0. The quantitative estimate of drug-likeness (QED) is 0.773. The first-order valence-corrected chi connectivity index (χ1v) is 5.71. The highest BCUT2D eigenvalue weighted by molar-refractivity contribution is 5.50. The molecule has 0 heterocycles. The van der Waals surface area contributed by atoms with Gasteiger partial charge in [0.05, 0.1) is 0 Å². The third-order valence-corrected chi connectivity index (χ3v) is 2.84. The molecule has 0 atom stereocenters. The van der Waals surface area contributed by atoms with Crippen LogP contribution in [-0.2, 0) is 12.8 Å². The number of nitrogens with two attached hydrogens (primary N) is 1. The molecule has 0 fully saturated rings. The van der Waals surface area contributed by atoms with Gasteiger partial charge in [0.1, 0.15) is 0 Å². The van der Waals surface area contributed by atoms with Crippen LogP contribution < -0.4 is 5.73 Å². The van der Waals surface area contributed by atoms with Crippen molar-refractivity contribution in [1.29, 1.82) is 0 Å². The van der Waals surface area contributed by atoms with Crippen molar-refractivity contribution >= 4 is 5.69 Å². The Balaban J connectivity index is 2.20. The Bertz CT molecular complexity index is 460. The lowest BCUT2D eigenvalue weighted by molar-refractivity contribution is 1.12. The van der Waals surface area contributed by atoms with Gasteiger partial charge in [-0.3, -0.25) is 0 Å². The zero-order chi connectivity index (χ0) is 11.4. The van der Waals surface area contributed by atoms with Crippen molar-refractivity contribution in [3.63, 3.8) is 0 Å². The molecular formula is C15H17N. The van der Waals surface area contributed by atoms with E-state index in [9.17, 15) is 0 Å². The van der Waals surface area contributed by atoms with Gasteiger partial charge in [-0.05, 0) is 35.6 Å². The Morgan fingerprint density at radius 1 is 0.938 bits per heavy atom. The molecule has 2 rings (SSSR count). The van der Waals surface area contributed by atoms with Crippen LogP contribution in [0.2, 0.25) is 0 Å². The molecule has 82 valence electrons. The van der Waals surface area contributed by atoms with Gasteiger partial charge >= 0.3 is 0 Å². The van der Waals surface area contributed by atoms with Gasteiger partial charge in [0.2, 0.25) is 0 Å². The molecule has 0 aromatic heterocycles. The lowest BCUT2D eigenvalue weighted by Crippen LogP contribution is -1.95. The highest BCUT2D eigenvalue weighted by atomic mass is 14.6. The number of benzene rings is 2. The van der Waals surface area contributed by atoms with Crippen LogP contribution >= 0.6 is 0 Å².